The van der Waals surface area contributed by atoms with Crippen molar-refractivity contribution >= 4 is 11.6 Å². The van der Waals surface area contributed by atoms with E-state index < -0.39 is 0 Å². The molecule has 0 aliphatic carbocycles. The van der Waals surface area contributed by atoms with Gasteiger partial charge in [0.25, 0.3) is 0 Å². The maximum atomic E-state index is 6.01. The number of halogens is 1. The Labute approximate surface area is 158 Å². The Morgan fingerprint density at radius 2 is 2.00 bits per heavy atom. The molecule has 2 rings (SSSR count). The van der Waals surface area contributed by atoms with Crippen LogP contribution in [-0.4, -0.2) is 26.8 Å². The van der Waals surface area contributed by atoms with Crippen molar-refractivity contribution in [3.05, 3.63) is 47.0 Å². The summed E-state index contributed by atoms with van der Waals surface area (Å²) in [4.78, 5) is 0. The summed E-state index contributed by atoms with van der Waals surface area (Å²) in [6.45, 7) is 11.1. The van der Waals surface area contributed by atoms with Crippen molar-refractivity contribution in [1.82, 2.24) is 5.32 Å². The molecule has 1 aliphatic rings. The number of allylic oxidation sites excluding steroid dienone is 2. The van der Waals surface area contributed by atoms with Gasteiger partial charge < -0.3 is 20.5 Å². The van der Waals surface area contributed by atoms with Gasteiger partial charge in [-0.05, 0) is 51.8 Å². The van der Waals surface area contributed by atoms with E-state index >= 15 is 0 Å². The van der Waals surface area contributed by atoms with Gasteiger partial charge in [0, 0.05) is 12.6 Å². The van der Waals surface area contributed by atoms with E-state index in [1.807, 2.05) is 13.0 Å². The molecule has 1 aromatic rings. The molecular weight excluding hydrogens is 336 g/mol. The molecule has 4 nitrogen and oxygen atoms in total. The second kappa shape index (κ2) is 13.8. The van der Waals surface area contributed by atoms with Crippen LogP contribution in [0.4, 0.5) is 0 Å². The summed E-state index contributed by atoms with van der Waals surface area (Å²) in [7, 11) is 3.11. The van der Waals surface area contributed by atoms with Crippen molar-refractivity contribution < 1.29 is 9.47 Å². The van der Waals surface area contributed by atoms with Crippen LogP contribution >= 0.6 is 11.6 Å². The Morgan fingerprint density at radius 1 is 1.36 bits per heavy atom. The first-order chi connectivity index (χ1) is 12.0. The van der Waals surface area contributed by atoms with Gasteiger partial charge in [-0.15, -0.1) is 6.58 Å². The zero-order chi connectivity index (χ0) is 19.2. The Kier molecular flexibility index (Phi) is 12.9. The largest absolute Gasteiger partial charge is 0.493 e. The number of rotatable bonds is 4. The standard InChI is InChI=1S/C9H12ClNO2.C8H15N.C3H6/c1-12-7-4-3-6(5-11)8(10)9(7)13-2;1-3-7(2)8-5-4-6-9-8;1-3-2/h3-4H,5,11H2,1-2H3;3,8-9H,4-6H2,1-2H3;3H,1H2,2H3/b;7-3+;/t;8-;/m.1./s1. The summed E-state index contributed by atoms with van der Waals surface area (Å²) >= 11 is 6.01. The molecule has 1 heterocycles. The van der Waals surface area contributed by atoms with Crippen molar-refractivity contribution in [2.45, 2.75) is 46.2 Å². The lowest BCUT2D eigenvalue weighted by molar-refractivity contribution is 0.354. The number of hydrogen-bond acceptors (Lipinski definition) is 4. The van der Waals surface area contributed by atoms with Crippen LogP contribution in [0.3, 0.4) is 0 Å². The normalized spacial score (nSPS) is 16.1. The van der Waals surface area contributed by atoms with Gasteiger partial charge in [-0.1, -0.05) is 35.4 Å². The van der Waals surface area contributed by atoms with Gasteiger partial charge >= 0.3 is 0 Å². The van der Waals surface area contributed by atoms with Crippen molar-refractivity contribution in [3.63, 3.8) is 0 Å². The Balaban J connectivity index is 0.000000417. The molecule has 0 amide bonds. The molecule has 1 aliphatic heterocycles. The van der Waals surface area contributed by atoms with Crippen LogP contribution in [0, 0.1) is 0 Å². The molecule has 142 valence electrons. The molecule has 1 atom stereocenters. The summed E-state index contributed by atoms with van der Waals surface area (Å²) in [6.07, 6.45) is 6.62. The highest BCUT2D eigenvalue weighted by atomic mass is 35.5. The zero-order valence-electron chi connectivity index (χ0n) is 16.2. The summed E-state index contributed by atoms with van der Waals surface area (Å²) in [5.74, 6) is 1.15. The topological polar surface area (TPSA) is 56.5 Å². The molecule has 0 aromatic heterocycles. The second-order valence-corrected chi connectivity index (χ2v) is 5.95. The van der Waals surface area contributed by atoms with Gasteiger partial charge in [0.15, 0.2) is 11.5 Å². The van der Waals surface area contributed by atoms with E-state index in [4.69, 9.17) is 26.8 Å². The Bertz CT molecular complexity index is 539. The predicted molar refractivity (Wildman–Crippen MR) is 109 cm³/mol. The molecule has 5 heteroatoms. The highest BCUT2D eigenvalue weighted by molar-refractivity contribution is 6.33. The number of hydrogen-bond donors (Lipinski definition) is 2. The van der Waals surface area contributed by atoms with E-state index in [1.54, 1.807) is 26.4 Å². The van der Waals surface area contributed by atoms with Crippen molar-refractivity contribution in [1.29, 1.82) is 0 Å². The van der Waals surface area contributed by atoms with Crippen LogP contribution in [0.25, 0.3) is 0 Å². The molecule has 1 aromatic carbocycles. The highest BCUT2D eigenvalue weighted by Crippen LogP contribution is 2.36. The fourth-order valence-corrected chi connectivity index (χ4v) is 2.67. The first-order valence-electron chi connectivity index (χ1n) is 8.53. The summed E-state index contributed by atoms with van der Waals surface area (Å²) in [5, 5.41) is 3.96. The Morgan fingerprint density at radius 3 is 2.40 bits per heavy atom. The van der Waals surface area contributed by atoms with E-state index in [0.717, 1.165) is 5.56 Å². The first-order valence-corrected chi connectivity index (χ1v) is 8.90. The lowest BCUT2D eigenvalue weighted by Crippen LogP contribution is -2.21. The predicted octanol–water partition coefficient (Wildman–Crippen LogP) is 4.71. The minimum atomic E-state index is 0.388. The van der Waals surface area contributed by atoms with Gasteiger partial charge in [-0.3, -0.25) is 0 Å². The van der Waals surface area contributed by atoms with E-state index in [0.29, 0.717) is 29.1 Å². The van der Waals surface area contributed by atoms with Crippen LogP contribution in [0.1, 0.15) is 39.2 Å². The van der Waals surface area contributed by atoms with Crippen molar-refractivity contribution in [3.8, 4) is 11.5 Å². The van der Waals surface area contributed by atoms with Crippen LogP contribution in [-0.2, 0) is 6.54 Å². The highest BCUT2D eigenvalue weighted by Gasteiger charge is 2.14. The molecule has 1 saturated heterocycles. The fraction of sp³-hybridized carbons (Fsp3) is 0.500. The number of ether oxygens (including phenoxy) is 2. The summed E-state index contributed by atoms with van der Waals surface area (Å²) in [5.41, 5.74) is 7.82. The van der Waals surface area contributed by atoms with Gasteiger partial charge in [-0.25, -0.2) is 0 Å². The average Bonchev–Trinajstić information content (AvgIpc) is 3.16. The van der Waals surface area contributed by atoms with E-state index in [9.17, 15) is 0 Å². The molecule has 1 fully saturated rings. The lowest BCUT2D eigenvalue weighted by Gasteiger charge is -2.11. The SMILES string of the molecule is C/C=C(\C)[C@H]1CCCN1.C=CC.COc1ccc(CN)c(Cl)c1OC. The van der Waals surface area contributed by atoms with Crippen molar-refractivity contribution in [2.75, 3.05) is 20.8 Å². The Hall–Kier alpha value is -1.49. The van der Waals surface area contributed by atoms with E-state index in [1.165, 1.54) is 25.0 Å². The van der Waals surface area contributed by atoms with Gasteiger partial charge in [0.1, 0.15) is 0 Å². The number of nitrogens with one attached hydrogen (secondary N) is 1. The molecule has 0 radical (unpaired) electrons. The molecule has 0 unspecified atom stereocenters. The minimum Gasteiger partial charge on any atom is -0.493 e. The smallest absolute Gasteiger partial charge is 0.179 e. The molecule has 0 spiro atoms. The molecule has 0 bridgehead atoms. The maximum absolute atomic E-state index is 6.01. The third kappa shape index (κ3) is 7.95. The number of nitrogens with two attached hydrogens (primary N) is 1. The number of benzene rings is 1. The molecule has 25 heavy (non-hydrogen) atoms. The third-order valence-corrected chi connectivity index (χ3v) is 4.26. The first kappa shape index (κ1) is 23.5. The number of methoxy groups -OCH3 is 2. The van der Waals surface area contributed by atoms with Gasteiger partial charge in [0.2, 0.25) is 0 Å². The second-order valence-electron chi connectivity index (χ2n) is 5.57. The summed E-state index contributed by atoms with van der Waals surface area (Å²) < 4.78 is 10.2. The molecule has 0 saturated carbocycles. The van der Waals surface area contributed by atoms with Crippen LogP contribution in [0.2, 0.25) is 5.02 Å². The van der Waals surface area contributed by atoms with Gasteiger partial charge in [0.05, 0.1) is 19.2 Å². The fourth-order valence-electron chi connectivity index (χ4n) is 2.36. The third-order valence-electron chi connectivity index (χ3n) is 3.85. The lowest BCUT2D eigenvalue weighted by atomic mass is 10.1. The molecule has 3 N–H and O–H groups in total. The molecular formula is C20H33ClN2O2. The van der Waals surface area contributed by atoms with E-state index in [2.05, 4.69) is 31.8 Å². The van der Waals surface area contributed by atoms with Crippen LogP contribution < -0.4 is 20.5 Å². The van der Waals surface area contributed by atoms with E-state index in [-0.39, 0.29) is 0 Å². The monoisotopic (exact) mass is 368 g/mol. The summed E-state index contributed by atoms with van der Waals surface area (Å²) in [6, 6.07) is 4.30. The zero-order valence-corrected chi connectivity index (χ0v) is 17.0. The quantitative estimate of drug-likeness (QED) is 0.755. The van der Waals surface area contributed by atoms with Crippen molar-refractivity contribution in [2.24, 2.45) is 5.73 Å². The maximum Gasteiger partial charge on any atom is 0.179 e. The van der Waals surface area contributed by atoms with Gasteiger partial charge in [-0.2, -0.15) is 0 Å². The average molecular weight is 369 g/mol. The minimum absolute atomic E-state index is 0.388. The van der Waals surface area contributed by atoms with Crippen LogP contribution in [0.15, 0.2) is 36.4 Å². The van der Waals surface area contributed by atoms with Crippen LogP contribution in [0.5, 0.6) is 11.5 Å².